The van der Waals surface area contributed by atoms with Crippen molar-refractivity contribution in [3.05, 3.63) is 77.6 Å². The van der Waals surface area contributed by atoms with Gasteiger partial charge >= 0.3 is 6.61 Å². The van der Waals surface area contributed by atoms with Gasteiger partial charge in [-0.15, -0.1) is 0 Å². The summed E-state index contributed by atoms with van der Waals surface area (Å²) in [6.07, 6.45) is 3.48. The molecule has 0 bridgehead atoms. The molecule has 0 fully saturated rings. The first kappa shape index (κ1) is 22.4. The number of nitrogens with zero attached hydrogens (tertiary/aromatic N) is 3. The van der Waals surface area contributed by atoms with Gasteiger partial charge in [0.25, 0.3) is 0 Å². The van der Waals surface area contributed by atoms with Gasteiger partial charge in [-0.3, -0.25) is 4.40 Å². The third kappa shape index (κ3) is 4.01. The monoisotopic (exact) mass is 489 g/mol. The number of imidazole rings is 1. The van der Waals surface area contributed by atoms with E-state index in [1.54, 1.807) is 22.6 Å². The summed E-state index contributed by atoms with van der Waals surface area (Å²) in [6.45, 7) is -2.72. The summed E-state index contributed by atoms with van der Waals surface area (Å²) >= 11 is 0. The zero-order chi connectivity index (χ0) is 24.0. The van der Waals surface area contributed by atoms with Gasteiger partial charge < -0.3 is 9.47 Å². The molecule has 5 rings (SSSR count). The second-order valence-electron chi connectivity index (χ2n) is 7.78. The van der Waals surface area contributed by atoms with Gasteiger partial charge in [0.2, 0.25) is 0 Å². The van der Waals surface area contributed by atoms with Crippen molar-refractivity contribution in [1.82, 2.24) is 14.4 Å². The highest BCUT2D eigenvalue weighted by Gasteiger charge is 2.31. The van der Waals surface area contributed by atoms with Crippen LogP contribution in [0, 0.1) is 5.82 Å². The number of hydrogen-bond acceptors (Lipinski definition) is 6. The fourth-order valence-corrected chi connectivity index (χ4v) is 4.67. The average molecular weight is 489 g/mol. The number of fused-ring (bicyclic) bond motifs is 3. The maximum Gasteiger partial charge on any atom is 0.387 e. The van der Waals surface area contributed by atoms with E-state index in [0.29, 0.717) is 41.2 Å². The molecule has 0 unspecified atom stereocenters. The molecule has 1 aliphatic heterocycles. The Hall–Kier alpha value is -3.44. The first-order chi connectivity index (χ1) is 16.2. The molecule has 0 radical (unpaired) electrons. The van der Waals surface area contributed by atoms with Crippen molar-refractivity contribution in [1.29, 1.82) is 0 Å². The molecular formula is C23H18F3N3O4S. The fourth-order valence-electron chi connectivity index (χ4n) is 4.07. The Balaban J connectivity index is 1.69. The van der Waals surface area contributed by atoms with Crippen molar-refractivity contribution in [2.75, 3.05) is 12.9 Å². The summed E-state index contributed by atoms with van der Waals surface area (Å²) in [5, 5.41) is -0.184. The predicted molar refractivity (Wildman–Crippen MR) is 116 cm³/mol. The number of ether oxygens (including phenoxy) is 2. The summed E-state index contributed by atoms with van der Waals surface area (Å²) in [7, 11) is -3.60. The van der Waals surface area contributed by atoms with E-state index in [4.69, 9.17) is 9.47 Å². The van der Waals surface area contributed by atoms with Crippen LogP contribution in [0.1, 0.15) is 23.1 Å². The summed E-state index contributed by atoms with van der Waals surface area (Å²) in [6, 6.07) is 10.4. The van der Waals surface area contributed by atoms with Crippen LogP contribution >= 0.6 is 0 Å². The van der Waals surface area contributed by atoms with Gasteiger partial charge in [-0.05, 0) is 23.8 Å². The van der Waals surface area contributed by atoms with Gasteiger partial charge in [-0.25, -0.2) is 22.8 Å². The number of aromatic nitrogens is 3. The lowest BCUT2D eigenvalue weighted by Crippen LogP contribution is -2.20. The molecule has 0 spiro atoms. The molecule has 34 heavy (non-hydrogen) atoms. The minimum atomic E-state index is -3.60. The molecule has 0 saturated heterocycles. The van der Waals surface area contributed by atoms with E-state index < -0.39 is 28.4 Å². The van der Waals surface area contributed by atoms with Crippen LogP contribution in [0.4, 0.5) is 13.2 Å². The van der Waals surface area contributed by atoms with Crippen molar-refractivity contribution < 1.29 is 31.1 Å². The summed E-state index contributed by atoms with van der Waals surface area (Å²) in [5.74, 6) is -0.626. The molecule has 4 aromatic rings. The number of halogens is 3. The highest BCUT2D eigenvalue weighted by molar-refractivity contribution is 7.90. The summed E-state index contributed by atoms with van der Waals surface area (Å²) in [4.78, 5) is 8.37. The van der Waals surface area contributed by atoms with Crippen LogP contribution in [0.3, 0.4) is 0 Å². The topological polar surface area (TPSA) is 82.8 Å². The number of hydrogen-bond donors (Lipinski definition) is 0. The SMILES string of the molecule is CS(=O)(=O)c1cc(-c2cn3c4c(nc3cc2F)CCO[C@@H]4c2ccccc2OC(F)F)ccn1. The van der Waals surface area contributed by atoms with Crippen LogP contribution in [0.25, 0.3) is 16.8 Å². The minimum Gasteiger partial charge on any atom is -0.434 e. The molecule has 176 valence electrons. The van der Waals surface area contributed by atoms with Gasteiger partial charge in [0.1, 0.15) is 23.3 Å². The first-order valence-electron chi connectivity index (χ1n) is 10.2. The van der Waals surface area contributed by atoms with Crippen molar-refractivity contribution in [2.24, 2.45) is 0 Å². The highest BCUT2D eigenvalue weighted by Crippen LogP contribution is 2.39. The number of para-hydroxylation sites is 1. The number of pyridine rings is 2. The van der Waals surface area contributed by atoms with E-state index in [9.17, 15) is 17.2 Å². The summed E-state index contributed by atoms with van der Waals surface area (Å²) in [5.41, 5.74) is 2.34. The molecule has 1 aromatic carbocycles. The van der Waals surface area contributed by atoms with Gasteiger partial charge in [-0.1, -0.05) is 18.2 Å². The number of sulfone groups is 1. The lowest BCUT2D eigenvalue weighted by molar-refractivity contribution is -0.0522. The Morgan fingerprint density at radius 2 is 2.00 bits per heavy atom. The Labute approximate surface area is 192 Å². The van der Waals surface area contributed by atoms with Crippen LogP contribution in [0.15, 0.2) is 59.9 Å². The molecule has 7 nitrogen and oxygen atoms in total. The van der Waals surface area contributed by atoms with Gasteiger partial charge in [-0.2, -0.15) is 8.78 Å². The molecule has 0 saturated carbocycles. The molecule has 0 amide bonds. The Morgan fingerprint density at radius 3 is 2.76 bits per heavy atom. The van der Waals surface area contributed by atoms with Crippen molar-refractivity contribution in [3.63, 3.8) is 0 Å². The van der Waals surface area contributed by atoms with Crippen LogP contribution in [0.2, 0.25) is 0 Å². The molecule has 11 heteroatoms. The Bertz CT molecular complexity index is 1500. The molecule has 4 heterocycles. The van der Waals surface area contributed by atoms with E-state index in [2.05, 4.69) is 9.97 Å². The van der Waals surface area contributed by atoms with E-state index in [1.165, 1.54) is 36.7 Å². The predicted octanol–water partition coefficient (Wildman–Crippen LogP) is 4.20. The minimum absolute atomic E-state index is 0.0282. The van der Waals surface area contributed by atoms with E-state index in [0.717, 1.165) is 6.26 Å². The molecular weight excluding hydrogens is 471 g/mol. The number of rotatable bonds is 5. The quantitative estimate of drug-likeness (QED) is 0.418. The molecule has 0 aliphatic carbocycles. The van der Waals surface area contributed by atoms with Crippen molar-refractivity contribution in [3.8, 4) is 16.9 Å². The number of alkyl halides is 2. The first-order valence-corrected chi connectivity index (χ1v) is 12.1. The second kappa shape index (κ2) is 8.41. The zero-order valence-electron chi connectivity index (χ0n) is 17.8. The lowest BCUT2D eigenvalue weighted by Gasteiger charge is -2.25. The fraction of sp³-hybridized carbons (Fsp3) is 0.217. The zero-order valence-corrected chi connectivity index (χ0v) is 18.6. The maximum absolute atomic E-state index is 15.1. The smallest absolute Gasteiger partial charge is 0.387 e. The Morgan fingerprint density at radius 1 is 1.21 bits per heavy atom. The normalized spacial score (nSPS) is 16.1. The van der Waals surface area contributed by atoms with Crippen LogP contribution in [0.5, 0.6) is 5.75 Å². The maximum atomic E-state index is 15.1. The van der Waals surface area contributed by atoms with Crippen molar-refractivity contribution >= 4 is 15.5 Å². The highest BCUT2D eigenvalue weighted by atomic mass is 32.2. The van der Waals surface area contributed by atoms with Crippen molar-refractivity contribution in [2.45, 2.75) is 24.2 Å². The summed E-state index contributed by atoms with van der Waals surface area (Å²) < 4.78 is 77.2. The third-order valence-electron chi connectivity index (χ3n) is 5.54. The molecule has 1 atom stereocenters. The molecule has 3 aromatic heterocycles. The lowest BCUT2D eigenvalue weighted by atomic mass is 10.0. The van der Waals surface area contributed by atoms with Crippen LogP contribution in [-0.2, 0) is 21.0 Å². The van der Waals surface area contributed by atoms with E-state index in [1.807, 2.05) is 0 Å². The van der Waals surface area contributed by atoms with Gasteiger partial charge in [0, 0.05) is 42.3 Å². The molecule has 1 aliphatic rings. The van der Waals surface area contributed by atoms with E-state index >= 15 is 4.39 Å². The van der Waals surface area contributed by atoms with E-state index in [-0.39, 0.29) is 16.3 Å². The van der Waals surface area contributed by atoms with Gasteiger partial charge in [0.15, 0.2) is 14.9 Å². The van der Waals surface area contributed by atoms with Crippen LogP contribution in [-0.4, -0.2) is 42.3 Å². The largest absolute Gasteiger partial charge is 0.434 e. The average Bonchev–Trinajstić information content (AvgIpc) is 3.15. The second-order valence-corrected chi connectivity index (χ2v) is 9.74. The number of benzene rings is 1. The third-order valence-corrected chi connectivity index (χ3v) is 6.52. The standard InChI is InChI=1S/C23H18F3N3O4S/c1-34(30,31)20-10-13(6-8-27-20)15-12-29-19(11-16(15)24)28-17-7-9-32-22(21(17)29)14-4-2-3-5-18(14)33-23(25)26/h2-6,8,10-12,22-23H,7,9H2,1H3/t22-/m1/s1. The molecule has 0 N–H and O–H groups in total. The van der Waals surface area contributed by atoms with Gasteiger partial charge in [0.05, 0.1) is 18.0 Å². The van der Waals surface area contributed by atoms with Crippen LogP contribution < -0.4 is 4.74 Å². The Kier molecular flexibility index (Phi) is 5.53.